The first-order chi connectivity index (χ1) is 37.5. The molecule has 5 saturated heterocycles. The van der Waals surface area contributed by atoms with Crippen LogP contribution in [0.2, 0.25) is 0 Å². The lowest BCUT2D eigenvalue weighted by molar-refractivity contribution is -0.366. The Morgan fingerprint density at radius 3 is 1.62 bits per heavy atom. The van der Waals surface area contributed by atoms with Gasteiger partial charge in [0.2, 0.25) is 6.29 Å². The number of hydrogen-bond donors (Lipinski definition) is 13. The van der Waals surface area contributed by atoms with Crippen molar-refractivity contribution in [2.75, 3.05) is 33.0 Å². The van der Waals surface area contributed by atoms with Crippen LogP contribution in [0.4, 0.5) is 0 Å². The van der Waals surface area contributed by atoms with Crippen molar-refractivity contribution in [3.8, 4) is 0 Å². The molecule has 458 valence electrons. The molecule has 5 aliphatic heterocycles. The van der Waals surface area contributed by atoms with Crippen molar-refractivity contribution in [3.63, 3.8) is 0 Å². The minimum Gasteiger partial charge on any atom is -0.432 e. The Labute approximate surface area is 466 Å². The zero-order chi connectivity index (χ0) is 58.0. The number of fused-ring (bicyclic) bond motifs is 7. The zero-order valence-corrected chi connectivity index (χ0v) is 46.9. The highest BCUT2D eigenvalue weighted by Crippen LogP contribution is 2.76. The van der Waals surface area contributed by atoms with Crippen molar-refractivity contribution in [1.82, 2.24) is 0 Å². The van der Waals surface area contributed by atoms with Crippen LogP contribution in [0.5, 0.6) is 0 Å². The van der Waals surface area contributed by atoms with Gasteiger partial charge in [0.05, 0.1) is 44.6 Å². The molecule has 5 heterocycles. The summed E-state index contributed by atoms with van der Waals surface area (Å²) in [5, 5.41) is 140. The van der Waals surface area contributed by atoms with E-state index in [1.807, 2.05) is 0 Å². The smallest absolute Gasteiger partial charge is 0.315 e. The zero-order valence-electron chi connectivity index (χ0n) is 46.9. The molecule has 5 aliphatic carbocycles. The minimum absolute atomic E-state index is 0.112. The number of allylic oxidation sites excluding steroid dienone is 2. The quantitative estimate of drug-likeness (QED) is 0.0626. The predicted octanol–water partition coefficient (Wildman–Crippen LogP) is -1.65. The molecule has 9 fully saturated rings. The van der Waals surface area contributed by atoms with Gasteiger partial charge in [0.1, 0.15) is 97.7 Å². The van der Waals surface area contributed by atoms with Gasteiger partial charge in [0.15, 0.2) is 25.2 Å². The van der Waals surface area contributed by atoms with Crippen molar-refractivity contribution in [2.45, 2.75) is 248 Å². The van der Waals surface area contributed by atoms with E-state index in [1.165, 1.54) is 5.57 Å². The number of hydrogen-bond acceptors (Lipinski definition) is 24. The number of rotatable bonds is 11. The van der Waals surface area contributed by atoms with Gasteiger partial charge in [-0.2, -0.15) is 0 Å². The average molecular weight is 1150 g/mol. The largest absolute Gasteiger partial charge is 0.432 e. The predicted molar refractivity (Wildman–Crippen MR) is 271 cm³/mol. The molecule has 3 unspecified atom stereocenters. The van der Waals surface area contributed by atoms with Gasteiger partial charge in [0.25, 0.3) is 0 Å². The van der Waals surface area contributed by atoms with Crippen LogP contribution in [0.25, 0.3) is 0 Å². The third kappa shape index (κ3) is 10.3. The minimum atomic E-state index is -1.85. The van der Waals surface area contributed by atoms with Crippen molar-refractivity contribution in [3.05, 3.63) is 11.6 Å². The number of aliphatic hydroxyl groups is 13. The molecule has 29 atom stereocenters. The first-order valence-electron chi connectivity index (χ1n) is 29.0. The van der Waals surface area contributed by atoms with Crippen LogP contribution < -0.4 is 0 Å². The summed E-state index contributed by atoms with van der Waals surface area (Å²) in [5.41, 5.74) is -0.771. The second-order valence-electron chi connectivity index (χ2n) is 27.3. The molecule has 24 nitrogen and oxygen atoms in total. The maximum absolute atomic E-state index is 15.2. The molecule has 0 bridgehead atoms. The van der Waals surface area contributed by atoms with Gasteiger partial charge >= 0.3 is 5.97 Å². The molecule has 24 heteroatoms. The maximum atomic E-state index is 15.2. The van der Waals surface area contributed by atoms with E-state index in [-0.39, 0.29) is 50.9 Å². The second-order valence-corrected chi connectivity index (χ2v) is 27.3. The third-order valence-corrected chi connectivity index (χ3v) is 22.0. The van der Waals surface area contributed by atoms with Gasteiger partial charge in [-0.1, -0.05) is 60.1 Å². The fourth-order valence-corrected chi connectivity index (χ4v) is 16.9. The molecule has 0 aromatic carbocycles. The van der Waals surface area contributed by atoms with Gasteiger partial charge in [-0.15, -0.1) is 0 Å². The maximum Gasteiger partial charge on any atom is 0.315 e. The normalized spacial score (nSPS) is 54.0. The number of esters is 1. The molecule has 0 amide bonds. The molecule has 0 aromatic heterocycles. The van der Waals surface area contributed by atoms with E-state index in [4.69, 9.17) is 47.4 Å². The number of carbonyl (C=O) groups excluding carboxylic acids is 1. The lowest BCUT2D eigenvalue weighted by atomic mass is 9.33. The van der Waals surface area contributed by atoms with Crippen LogP contribution in [-0.4, -0.2) is 241 Å². The van der Waals surface area contributed by atoms with Gasteiger partial charge in [-0.05, 0) is 109 Å². The molecule has 80 heavy (non-hydrogen) atoms. The van der Waals surface area contributed by atoms with E-state index in [9.17, 15) is 66.4 Å². The number of aliphatic hydroxyl groups excluding tert-OH is 13. The van der Waals surface area contributed by atoms with E-state index in [2.05, 4.69) is 54.5 Å². The highest BCUT2D eigenvalue weighted by molar-refractivity contribution is 5.79. The van der Waals surface area contributed by atoms with Crippen molar-refractivity contribution in [1.29, 1.82) is 0 Å². The first-order valence-corrected chi connectivity index (χ1v) is 29.0. The summed E-state index contributed by atoms with van der Waals surface area (Å²) < 4.78 is 58.4. The van der Waals surface area contributed by atoms with Crippen LogP contribution in [-0.2, 0) is 52.2 Å². The van der Waals surface area contributed by atoms with Gasteiger partial charge < -0.3 is 114 Å². The summed E-state index contributed by atoms with van der Waals surface area (Å²) in [6.07, 6.45) is -23.3. The molecule has 10 aliphatic rings. The van der Waals surface area contributed by atoms with Crippen LogP contribution in [0.15, 0.2) is 11.6 Å². The standard InChI is InChI=1S/C56H90O24/c1-51(2)14-16-56(17-15-54(6)24(25(56)18-51)8-9-32-53(5)12-11-33(52(3,4)31(53)10-13-55(32,54)7)76-49-38(66)36(64)35(63)30(19-57)75-49)50(70)80-48-41(69)44(29(61)23-74-48)79-47-40(68)43(28(60)22-73-47)78-46-39(67)42(27(59)21-72-46)77-45-37(65)34(62)26(58)20-71-45/h8,25-49,57-69H,9-23H2,1-7H3/t25?,26-,27-,28-,29-,30-,31?,32?,33+,34+,35-,36+,37-,38-,39-,40-,41-,42+,43+,44+,45+,46+,47+,48+,49+,53+,54-,55-,56+/m1/s1. The Kier molecular flexibility index (Phi) is 17.3. The molecule has 0 aromatic rings. The Balaban J connectivity index is 0.816. The SMILES string of the molecule is CC1(C)CC[C@]2(C(=O)O[C@@H]3OC[C@@H](O)[C@H](O[C@@H]4OC[C@@H](O)[C@H](O[C@@H]5OC[C@@H](O)[C@H](O[C@@H]6OC[C@@H](O)[C@H](O)[C@H]6O)[C@H]5O)[C@H]4O)[C@H]3O)CC[C@]3(C)C(=CCC4[C@@]5(C)CC[C@H](O[C@@H]6O[C@H](CO)[C@@H](O)[C@H](O)[C@H]6O)C(C)(C)C5CC[C@]43C)C2C1. The lowest BCUT2D eigenvalue weighted by Gasteiger charge is -2.71. The van der Waals surface area contributed by atoms with E-state index in [1.54, 1.807) is 0 Å². The van der Waals surface area contributed by atoms with Crippen molar-refractivity contribution < 1.29 is 119 Å². The first kappa shape index (κ1) is 61.4. The third-order valence-electron chi connectivity index (χ3n) is 22.0. The van der Waals surface area contributed by atoms with Gasteiger partial charge in [-0.3, -0.25) is 4.79 Å². The summed E-state index contributed by atoms with van der Waals surface area (Å²) in [6, 6.07) is 0. The van der Waals surface area contributed by atoms with Crippen molar-refractivity contribution >= 4 is 5.97 Å². The highest BCUT2D eigenvalue weighted by atomic mass is 16.8. The monoisotopic (exact) mass is 1150 g/mol. The van der Waals surface area contributed by atoms with Gasteiger partial charge in [-0.25, -0.2) is 0 Å². The van der Waals surface area contributed by atoms with Crippen molar-refractivity contribution in [2.24, 2.45) is 50.2 Å². The van der Waals surface area contributed by atoms with Crippen LogP contribution >= 0.6 is 0 Å². The Morgan fingerprint density at radius 2 is 1.05 bits per heavy atom. The molecule has 10 rings (SSSR count). The summed E-state index contributed by atoms with van der Waals surface area (Å²) in [4.78, 5) is 15.2. The van der Waals surface area contributed by atoms with E-state index < -0.39 is 174 Å². The van der Waals surface area contributed by atoms with Gasteiger partial charge in [0, 0.05) is 0 Å². The molecule has 4 saturated carbocycles. The summed E-state index contributed by atoms with van der Waals surface area (Å²) >= 11 is 0. The van der Waals surface area contributed by atoms with E-state index in [0.717, 1.165) is 38.5 Å². The Bertz CT molecular complexity index is 2220. The molecule has 0 radical (unpaired) electrons. The Hall–Kier alpha value is -1.67. The topological polar surface area (TPSA) is 372 Å². The lowest BCUT2D eigenvalue weighted by Crippen LogP contribution is -2.66. The highest BCUT2D eigenvalue weighted by Gasteiger charge is 2.70. The van der Waals surface area contributed by atoms with Crippen LogP contribution in [0, 0.1) is 50.2 Å². The number of carbonyl (C=O) groups is 1. The fraction of sp³-hybridized carbons (Fsp3) is 0.946. The molecular weight excluding hydrogens is 1060 g/mol. The summed E-state index contributed by atoms with van der Waals surface area (Å²) in [5.74, 6) is -0.228. The summed E-state index contributed by atoms with van der Waals surface area (Å²) in [7, 11) is 0. The average Bonchev–Trinajstić information content (AvgIpc) is 3.46. The number of ether oxygens (including phenoxy) is 10. The molecular formula is C56H90O24. The Morgan fingerprint density at radius 1 is 0.537 bits per heavy atom. The van der Waals surface area contributed by atoms with Crippen LogP contribution in [0.1, 0.15) is 113 Å². The van der Waals surface area contributed by atoms with Crippen LogP contribution in [0.3, 0.4) is 0 Å². The molecule has 0 spiro atoms. The molecule has 13 N–H and O–H groups in total. The van der Waals surface area contributed by atoms with E-state index in [0.29, 0.717) is 25.7 Å². The summed E-state index contributed by atoms with van der Waals surface area (Å²) in [6.45, 7) is 13.8. The second kappa shape index (κ2) is 22.6. The fourth-order valence-electron chi connectivity index (χ4n) is 16.9. The van der Waals surface area contributed by atoms with E-state index >= 15 is 4.79 Å².